The van der Waals surface area contributed by atoms with Crippen molar-refractivity contribution in [1.82, 2.24) is 14.5 Å². The van der Waals surface area contributed by atoms with E-state index in [2.05, 4.69) is 10.2 Å². The third-order valence-electron chi connectivity index (χ3n) is 6.11. The van der Waals surface area contributed by atoms with E-state index in [9.17, 15) is 14.4 Å². The van der Waals surface area contributed by atoms with E-state index in [4.69, 9.17) is 5.11 Å². The molecular weight excluding hydrogens is 360 g/mol. The molecule has 1 atom stereocenters. The smallest absolute Gasteiger partial charge is 0.329 e. The van der Waals surface area contributed by atoms with Gasteiger partial charge in [-0.3, -0.25) is 24.0 Å². The Bertz CT molecular complexity index is 968. The van der Waals surface area contributed by atoms with Crippen LogP contribution in [0.15, 0.2) is 23.0 Å². The van der Waals surface area contributed by atoms with Crippen LogP contribution in [0.2, 0.25) is 0 Å². The summed E-state index contributed by atoms with van der Waals surface area (Å²) >= 11 is 0. The molecule has 0 aliphatic carbocycles. The number of hydrogen-bond acceptors (Lipinski definition) is 5. The van der Waals surface area contributed by atoms with Crippen LogP contribution in [0.3, 0.4) is 0 Å². The first-order chi connectivity index (χ1) is 13.5. The molecule has 0 spiro atoms. The first kappa shape index (κ1) is 18.7. The number of carbonyl (C=O) groups is 2. The van der Waals surface area contributed by atoms with Gasteiger partial charge >= 0.3 is 5.69 Å². The van der Waals surface area contributed by atoms with E-state index in [1.165, 1.54) is 4.57 Å². The minimum absolute atomic E-state index is 0.236. The van der Waals surface area contributed by atoms with E-state index in [0.717, 1.165) is 43.6 Å². The normalized spacial score (nSPS) is 21.4. The molecule has 2 N–H and O–H groups in total. The predicted octanol–water partition coefficient (Wildman–Crippen LogP) is 0.917. The quantitative estimate of drug-likeness (QED) is 0.762. The van der Waals surface area contributed by atoms with Gasteiger partial charge in [-0.2, -0.15) is 0 Å². The number of amides is 2. The van der Waals surface area contributed by atoms with Crippen LogP contribution in [0, 0.1) is 5.92 Å². The van der Waals surface area contributed by atoms with Crippen LogP contribution in [0.1, 0.15) is 38.1 Å². The fourth-order valence-corrected chi connectivity index (χ4v) is 4.44. The second kappa shape index (κ2) is 7.43. The van der Waals surface area contributed by atoms with Gasteiger partial charge in [-0.15, -0.1) is 0 Å². The van der Waals surface area contributed by atoms with E-state index in [1.54, 1.807) is 11.6 Å². The van der Waals surface area contributed by atoms with Crippen LogP contribution in [0.5, 0.6) is 0 Å². The van der Waals surface area contributed by atoms with E-state index in [-0.39, 0.29) is 24.6 Å². The van der Waals surface area contributed by atoms with E-state index < -0.39 is 11.9 Å². The lowest BCUT2D eigenvalue weighted by atomic mass is 9.93. The third-order valence-corrected chi connectivity index (χ3v) is 6.11. The molecule has 4 rings (SSSR count). The van der Waals surface area contributed by atoms with Gasteiger partial charge in [0.15, 0.2) is 0 Å². The van der Waals surface area contributed by atoms with Gasteiger partial charge < -0.3 is 10.0 Å². The average molecular weight is 386 g/mol. The number of hydrogen-bond donors (Lipinski definition) is 2. The summed E-state index contributed by atoms with van der Waals surface area (Å²) in [5.41, 5.74) is 2.31. The Kier molecular flexibility index (Phi) is 4.97. The lowest BCUT2D eigenvalue weighted by Gasteiger charge is -2.33. The summed E-state index contributed by atoms with van der Waals surface area (Å²) in [6, 6.07) is 5.24. The number of carbonyl (C=O) groups excluding carboxylic acids is 2. The van der Waals surface area contributed by atoms with Crippen LogP contribution >= 0.6 is 0 Å². The molecule has 0 saturated carbocycles. The van der Waals surface area contributed by atoms with Gasteiger partial charge in [0.1, 0.15) is 6.04 Å². The zero-order valence-electron chi connectivity index (χ0n) is 16.1. The van der Waals surface area contributed by atoms with Crippen molar-refractivity contribution in [2.24, 2.45) is 13.0 Å². The van der Waals surface area contributed by atoms with Crippen molar-refractivity contribution in [2.75, 3.05) is 24.6 Å². The third kappa shape index (κ3) is 3.22. The Morgan fingerprint density at radius 3 is 2.54 bits per heavy atom. The molecule has 1 aromatic carbocycles. The number of nitrogens with one attached hydrogen (secondary N) is 1. The molecule has 0 bridgehead atoms. The van der Waals surface area contributed by atoms with Crippen LogP contribution in [-0.4, -0.2) is 45.8 Å². The van der Waals surface area contributed by atoms with Crippen LogP contribution in [-0.2, 0) is 16.6 Å². The Labute approximate surface area is 162 Å². The molecule has 0 radical (unpaired) electrons. The van der Waals surface area contributed by atoms with Crippen molar-refractivity contribution in [2.45, 2.75) is 38.1 Å². The average Bonchev–Trinajstić information content (AvgIpc) is 2.93. The summed E-state index contributed by atoms with van der Waals surface area (Å²) < 4.78 is 3.08. The number of aromatic nitrogens is 2. The number of fused-ring (bicyclic) bond motifs is 1. The topological polar surface area (TPSA) is 96.6 Å². The fourth-order valence-electron chi connectivity index (χ4n) is 4.44. The number of piperidine rings is 2. The SMILES string of the molecule is Cn1c(=O)n(C2CCC(=O)NC2=O)c2ccc(N3CCC(CCO)CC3)cc21. The molecule has 1 aromatic heterocycles. The summed E-state index contributed by atoms with van der Waals surface area (Å²) in [6.45, 7) is 2.10. The summed E-state index contributed by atoms with van der Waals surface area (Å²) in [5.74, 6) is -0.134. The van der Waals surface area contributed by atoms with Crippen molar-refractivity contribution in [3.63, 3.8) is 0 Å². The maximum atomic E-state index is 12.8. The Morgan fingerprint density at radius 1 is 1.11 bits per heavy atom. The molecule has 8 nitrogen and oxygen atoms in total. The number of imide groups is 1. The monoisotopic (exact) mass is 386 g/mol. The number of nitrogens with zero attached hydrogens (tertiary/aromatic N) is 3. The minimum Gasteiger partial charge on any atom is -0.396 e. The summed E-state index contributed by atoms with van der Waals surface area (Å²) in [4.78, 5) is 38.9. The maximum Gasteiger partial charge on any atom is 0.329 e. The van der Waals surface area contributed by atoms with Gasteiger partial charge in [0.05, 0.1) is 11.0 Å². The highest BCUT2D eigenvalue weighted by Gasteiger charge is 2.31. The summed E-state index contributed by atoms with van der Waals surface area (Å²) in [7, 11) is 1.71. The fraction of sp³-hybridized carbons (Fsp3) is 0.550. The highest BCUT2D eigenvalue weighted by atomic mass is 16.3. The molecule has 1 unspecified atom stereocenters. The summed E-state index contributed by atoms with van der Waals surface area (Å²) in [5, 5.41) is 11.5. The largest absolute Gasteiger partial charge is 0.396 e. The highest BCUT2D eigenvalue weighted by molar-refractivity contribution is 6.00. The second-order valence-corrected chi connectivity index (χ2v) is 7.79. The molecule has 28 heavy (non-hydrogen) atoms. The van der Waals surface area contributed by atoms with Crippen LogP contribution < -0.4 is 15.9 Å². The van der Waals surface area contributed by atoms with E-state index >= 15 is 0 Å². The molecule has 150 valence electrons. The van der Waals surface area contributed by atoms with Gasteiger partial charge in [0, 0.05) is 38.9 Å². The summed E-state index contributed by atoms with van der Waals surface area (Å²) in [6.07, 6.45) is 3.53. The molecule has 2 amide bonds. The van der Waals surface area contributed by atoms with E-state index in [0.29, 0.717) is 17.9 Å². The van der Waals surface area contributed by atoms with Gasteiger partial charge in [0.2, 0.25) is 11.8 Å². The number of aliphatic hydroxyl groups excluding tert-OH is 1. The number of benzene rings is 1. The molecule has 2 aliphatic heterocycles. The van der Waals surface area contributed by atoms with Crippen molar-refractivity contribution >= 4 is 28.5 Å². The number of imidazole rings is 1. The van der Waals surface area contributed by atoms with Crippen molar-refractivity contribution < 1.29 is 14.7 Å². The molecule has 2 saturated heterocycles. The molecular formula is C20H26N4O4. The number of aliphatic hydroxyl groups is 1. The van der Waals surface area contributed by atoms with E-state index in [1.807, 2.05) is 18.2 Å². The Hall–Kier alpha value is -2.61. The first-order valence-electron chi connectivity index (χ1n) is 9.90. The highest BCUT2D eigenvalue weighted by Crippen LogP contribution is 2.29. The minimum atomic E-state index is -0.658. The zero-order chi connectivity index (χ0) is 19.8. The molecule has 8 heteroatoms. The van der Waals surface area contributed by atoms with Gasteiger partial charge in [-0.25, -0.2) is 4.79 Å². The van der Waals surface area contributed by atoms with Gasteiger partial charge in [0.25, 0.3) is 0 Å². The Balaban J connectivity index is 1.65. The number of aryl methyl sites for hydroxylation is 1. The molecule has 3 heterocycles. The van der Waals surface area contributed by atoms with Crippen LogP contribution in [0.4, 0.5) is 5.69 Å². The molecule has 2 aromatic rings. The zero-order valence-corrected chi connectivity index (χ0v) is 16.1. The molecule has 2 aliphatic rings. The maximum absolute atomic E-state index is 12.8. The van der Waals surface area contributed by atoms with Crippen LogP contribution in [0.25, 0.3) is 11.0 Å². The second-order valence-electron chi connectivity index (χ2n) is 7.79. The standard InChI is InChI=1S/C20H26N4O4/c1-22-17-12-14(23-9-6-13(7-10-23)8-11-25)2-3-15(17)24(20(22)28)16-4-5-18(26)21-19(16)27/h2-3,12-13,16,25H,4-11H2,1H3,(H,21,26,27). The Morgan fingerprint density at radius 2 is 1.86 bits per heavy atom. The van der Waals surface area contributed by atoms with Gasteiger partial charge in [-0.05, 0) is 49.8 Å². The lowest BCUT2D eigenvalue weighted by molar-refractivity contribution is -0.135. The van der Waals surface area contributed by atoms with Crippen molar-refractivity contribution in [3.8, 4) is 0 Å². The first-order valence-corrected chi connectivity index (χ1v) is 9.90. The van der Waals surface area contributed by atoms with Gasteiger partial charge in [-0.1, -0.05) is 0 Å². The predicted molar refractivity (Wildman–Crippen MR) is 105 cm³/mol. The lowest BCUT2D eigenvalue weighted by Crippen LogP contribution is -2.44. The number of anilines is 1. The number of rotatable bonds is 4. The molecule has 2 fully saturated rings. The van der Waals surface area contributed by atoms with Crippen molar-refractivity contribution in [1.29, 1.82) is 0 Å². The van der Waals surface area contributed by atoms with Crippen molar-refractivity contribution in [3.05, 3.63) is 28.7 Å².